The Hall–Kier alpha value is -1.95. The predicted octanol–water partition coefficient (Wildman–Crippen LogP) is -0.115. The highest BCUT2D eigenvalue weighted by molar-refractivity contribution is 5.84. The summed E-state index contributed by atoms with van der Waals surface area (Å²) < 4.78 is 0. The van der Waals surface area contributed by atoms with Crippen LogP contribution in [0.4, 0.5) is 0 Å². The topological polar surface area (TPSA) is 96.5 Å². The van der Waals surface area contributed by atoms with Gasteiger partial charge in [-0.15, -0.1) is 0 Å². The molecule has 0 saturated heterocycles. The number of hydrogen-bond donors (Lipinski definition) is 2. The highest BCUT2D eigenvalue weighted by atomic mass is 16.4. The van der Waals surface area contributed by atoms with Crippen molar-refractivity contribution in [1.29, 1.82) is 0 Å². The van der Waals surface area contributed by atoms with Gasteiger partial charge in [-0.2, -0.15) is 0 Å². The normalized spacial score (nSPS) is 11.9. The van der Waals surface area contributed by atoms with Gasteiger partial charge in [-0.1, -0.05) is 6.07 Å². The molecule has 1 atom stereocenters. The number of nitrogens with zero attached hydrogens (tertiary/aromatic N) is 2. The largest absolute Gasteiger partial charge is 0.480 e. The molecule has 3 N–H and O–H groups in total. The fraction of sp³-hybridized carbons (Fsp3) is 0.417. The molecule has 0 aliphatic rings. The standard InChI is InChI=1S/C12H17N3O3/c1-15(11(16)8-10(13)12(17)18)7-5-9-4-2-3-6-14-9/h2-4,6,10H,5,7-8,13H2,1H3,(H,17,18). The van der Waals surface area contributed by atoms with Crippen molar-refractivity contribution in [3.8, 4) is 0 Å². The van der Waals surface area contributed by atoms with Crippen LogP contribution >= 0.6 is 0 Å². The van der Waals surface area contributed by atoms with Crippen LogP contribution in [0.25, 0.3) is 0 Å². The maximum atomic E-state index is 11.6. The van der Waals surface area contributed by atoms with Gasteiger partial charge in [0.25, 0.3) is 0 Å². The number of carboxylic acids is 1. The van der Waals surface area contributed by atoms with Gasteiger partial charge in [0, 0.05) is 31.9 Å². The van der Waals surface area contributed by atoms with E-state index in [-0.39, 0.29) is 12.3 Å². The summed E-state index contributed by atoms with van der Waals surface area (Å²) >= 11 is 0. The van der Waals surface area contributed by atoms with Crippen molar-refractivity contribution in [3.05, 3.63) is 30.1 Å². The van der Waals surface area contributed by atoms with Gasteiger partial charge in [0.1, 0.15) is 6.04 Å². The molecule has 0 bridgehead atoms. The number of rotatable bonds is 6. The first-order valence-corrected chi connectivity index (χ1v) is 5.63. The highest BCUT2D eigenvalue weighted by Gasteiger charge is 2.18. The quantitative estimate of drug-likeness (QED) is 0.735. The number of carboxylic acid groups (broad SMARTS) is 1. The molecule has 1 heterocycles. The van der Waals surface area contributed by atoms with Gasteiger partial charge in [-0.05, 0) is 12.1 Å². The number of pyridine rings is 1. The number of hydrogen-bond acceptors (Lipinski definition) is 4. The maximum Gasteiger partial charge on any atom is 0.321 e. The van der Waals surface area contributed by atoms with Crippen molar-refractivity contribution in [2.24, 2.45) is 5.73 Å². The summed E-state index contributed by atoms with van der Waals surface area (Å²) in [7, 11) is 1.62. The summed E-state index contributed by atoms with van der Waals surface area (Å²) in [4.78, 5) is 27.8. The van der Waals surface area contributed by atoms with Crippen molar-refractivity contribution >= 4 is 11.9 Å². The lowest BCUT2D eigenvalue weighted by atomic mass is 10.2. The first kappa shape index (κ1) is 14.1. The fourth-order valence-corrected chi connectivity index (χ4v) is 1.38. The second-order valence-corrected chi connectivity index (χ2v) is 4.04. The second kappa shape index (κ2) is 6.70. The van der Waals surface area contributed by atoms with E-state index < -0.39 is 12.0 Å². The van der Waals surface area contributed by atoms with Gasteiger partial charge in [0.2, 0.25) is 5.91 Å². The van der Waals surface area contributed by atoms with Crippen molar-refractivity contribution in [3.63, 3.8) is 0 Å². The highest BCUT2D eigenvalue weighted by Crippen LogP contribution is 1.99. The molecule has 1 aromatic heterocycles. The minimum Gasteiger partial charge on any atom is -0.480 e. The van der Waals surface area contributed by atoms with Crippen molar-refractivity contribution in [2.75, 3.05) is 13.6 Å². The maximum absolute atomic E-state index is 11.6. The molecule has 0 saturated carbocycles. The first-order chi connectivity index (χ1) is 8.50. The Morgan fingerprint density at radius 2 is 2.22 bits per heavy atom. The number of carbonyl (C=O) groups excluding carboxylic acids is 1. The van der Waals surface area contributed by atoms with Gasteiger partial charge in [-0.3, -0.25) is 14.6 Å². The lowest BCUT2D eigenvalue weighted by Gasteiger charge is -2.18. The monoisotopic (exact) mass is 251 g/mol. The molecule has 0 aliphatic heterocycles. The molecule has 0 aliphatic carbocycles. The van der Waals surface area contributed by atoms with E-state index in [4.69, 9.17) is 10.8 Å². The van der Waals surface area contributed by atoms with Crippen LogP contribution in [0.1, 0.15) is 12.1 Å². The van der Waals surface area contributed by atoms with Gasteiger partial charge in [-0.25, -0.2) is 0 Å². The van der Waals surface area contributed by atoms with Crippen molar-refractivity contribution in [1.82, 2.24) is 9.88 Å². The second-order valence-electron chi connectivity index (χ2n) is 4.04. The van der Waals surface area contributed by atoms with Crippen molar-refractivity contribution < 1.29 is 14.7 Å². The molecule has 6 nitrogen and oxygen atoms in total. The molecule has 1 rings (SSSR count). The number of aliphatic carboxylic acids is 1. The number of aromatic nitrogens is 1. The molecular formula is C12H17N3O3. The summed E-state index contributed by atoms with van der Waals surface area (Å²) in [6.07, 6.45) is 2.14. The Balaban J connectivity index is 2.39. The molecule has 1 amide bonds. The van der Waals surface area contributed by atoms with E-state index >= 15 is 0 Å². The van der Waals surface area contributed by atoms with Crippen LogP contribution in [0.15, 0.2) is 24.4 Å². The van der Waals surface area contributed by atoms with Gasteiger partial charge in [0.05, 0.1) is 6.42 Å². The lowest BCUT2D eigenvalue weighted by molar-refractivity contribution is -0.142. The van der Waals surface area contributed by atoms with E-state index in [2.05, 4.69) is 4.98 Å². The van der Waals surface area contributed by atoms with Crippen LogP contribution in [0.5, 0.6) is 0 Å². The van der Waals surface area contributed by atoms with E-state index in [1.165, 1.54) is 4.90 Å². The molecular weight excluding hydrogens is 234 g/mol. The van der Waals surface area contributed by atoms with E-state index in [0.717, 1.165) is 5.69 Å². The molecule has 0 spiro atoms. The van der Waals surface area contributed by atoms with Crippen LogP contribution in [-0.4, -0.2) is 46.5 Å². The summed E-state index contributed by atoms with van der Waals surface area (Å²) in [5, 5.41) is 8.61. The van der Waals surface area contributed by atoms with E-state index in [1.54, 1.807) is 13.2 Å². The number of nitrogens with two attached hydrogens (primary N) is 1. The number of carbonyl (C=O) groups is 2. The third kappa shape index (κ3) is 4.50. The average molecular weight is 251 g/mol. The molecule has 0 fully saturated rings. The Morgan fingerprint density at radius 1 is 1.50 bits per heavy atom. The summed E-state index contributed by atoms with van der Waals surface area (Å²) in [6, 6.07) is 4.44. The molecule has 1 aromatic rings. The van der Waals surface area contributed by atoms with Crippen LogP contribution < -0.4 is 5.73 Å². The van der Waals surface area contributed by atoms with E-state index in [9.17, 15) is 9.59 Å². The smallest absolute Gasteiger partial charge is 0.321 e. The van der Waals surface area contributed by atoms with Crippen molar-refractivity contribution in [2.45, 2.75) is 18.9 Å². The Kier molecular flexibility index (Phi) is 5.26. The predicted molar refractivity (Wildman–Crippen MR) is 65.8 cm³/mol. The zero-order valence-corrected chi connectivity index (χ0v) is 10.2. The Bertz CT molecular complexity index is 408. The average Bonchev–Trinajstić information content (AvgIpc) is 2.36. The van der Waals surface area contributed by atoms with E-state index in [1.807, 2.05) is 18.2 Å². The van der Waals surface area contributed by atoms with Crippen LogP contribution in [-0.2, 0) is 16.0 Å². The van der Waals surface area contributed by atoms with Crippen LogP contribution in [0.2, 0.25) is 0 Å². The summed E-state index contributed by atoms with van der Waals surface area (Å²) in [6.45, 7) is 0.488. The van der Waals surface area contributed by atoms with Gasteiger partial charge in [0.15, 0.2) is 0 Å². The van der Waals surface area contributed by atoms with Gasteiger partial charge < -0.3 is 15.7 Å². The Morgan fingerprint density at radius 3 is 2.78 bits per heavy atom. The molecule has 98 valence electrons. The zero-order valence-electron chi connectivity index (χ0n) is 10.2. The lowest BCUT2D eigenvalue weighted by Crippen LogP contribution is -2.38. The third-order valence-electron chi connectivity index (χ3n) is 2.57. The fourth-order valence-electron chi connectivity index (χ4n) is 1.38. The van der Waals surface area contributed by atoms with Crippen LogP contribution in [0.3, 0.4) is 0 Å². The Labute approximate surface area is 105 Å². The van der Waals surface area contributed by atoms with E-state index in [0.29, 0.717) is 13.0 Å². The molecule has 1 unspecified atom stereocenters. The molecule has 6 heteroatoms. The summed E-state index contributed by atoms with van der Waals surface area (Å²) in [5.41, 5.74) is 6.19. The minimum absolute atomic E-state index is 0.186. The van der Waals surface area contributed by atoms with Crippen LogP contribution in [0, 0.1) is 0 Å². The third-order valence-corrected chi connectivity index (χ3v) is 2.57. The zero-order chi connectivity index (χ0) is 13.5. The molecule has 0 radical (unpaired) electrons. The summed E-state index contributed by atoms with van der Waals surface area (Å²) in [5.74, 6) is -1.44. The minimum atomic E-state index is -1.17. The molecule has 18 heavy (non-hydrogen) atoms. The molecule has 0 aromatic carbocycles. The number of amides is 1. The van der Waals surface area contributed by atoms with Gasteiger partial charge >= 0.3 is 5.97 Å². The SMILES string of the molecule is CN(CCc1ccccn1)C(=O)CC(N)C(=O)O. The first-order valence-electron chi connectivity index (χ1n) is 5.63. The number of likely N-dealkylation sites (N-methyl/N-ethyl adjacent to an activating group) is 1.